The van der Waals surface area contributed by atoms with Crippen molar-refractivity contribution in [1.82, 2.24) is 4.98 Å². The number of hydrogen-bond donors (Lipinski definition) is 1. The lowest BCUT2D eigenvalue weighted by atomic mass is 10.2. The van der Waals surface area contributed by atoms with Crippen molar-refractivity contribution in [3.63, 3.8) is 0 Å². The summed E-state index contributed by atoms with van der Waals surface area (Å²) in [4.78, 5) is 15.4. The monoisotopic (exact) mass is 236 g/mol. The van der Waals surface area contributed by atoms with Crippen molar-refractivity contribution >= 4 is 23.3 Å². The molecule has 0 aliphatic heterocycles. The molecule has 0 unspecified atom stereocenters. The highest BCUT2D eigenvalue weighted by Gasteiger charge is 2.02. The predicted molar refractivity (Wildman–Crippen MR) is 65.2 cm³/mol. The van der Waals surface area contributed by atoms with Crippen LogP contribution in [-0.4, -0.2) is 10.9 Å². The summed E-state index contributed by atoms with van der Waals surface area (Å²) >= 11 is 5.69. The second kappa shape index (κ2) is 6.86. The fourth-order valence-corrected chi connectivity index (χ4v) is 1.36. The van der Waals surface area contributed by atoms with Crippen LogP contribution in [-0.2, 0) is 4.79 Å². The average molecular weight is 237 g/mol. The summed E-state index contributed by atoms with van der Waals surface area (Å²) in [7, 11) is 0. The fraction of sp³-hybridized carbons (Fsp3) is 0.333. The maximum Gasteiger partial charge on any atom is 0.225 e. The Bertz CT molecular complexity index is 398. The number of anilines is 1. The maximum atomic E-state index is 11.4. The lowest BCUT2D eigenvalue weighted by Gasteiger charge is -2.03. The van der Waals surface area contributed by atoms with Crippen molar-refractivity contribution in [3.05, 3.63) is 23.4 Å². The molecule has 1 aromatic rings. The Labute approximate surface area is 100 Å². The number of nitrogens with zero attached hydrogens (tertiary/aromatic N) is 1. The van der Waals surface area contributed by atoms with E-state index in [0.29, 0.717) is 23.8 Å². The molecule has 0 fully saturated rings. The Kier molecular flexibility index (Phi) is 5.38. The van der Waals surface area contributed by atoms with Gasteiger partial charge in [0.2, 0.25) is 5.91 Å². The van der Waals surface area contributed by atoms with Gasteiger partial charge in [-0.3, -0.25) is 4.79 Å². The molecule has 3 nitrogen and oxygen atoms in total. The molecule has 0 aliphatic carbocycles. The van der Waals surface area contributed by atoms with E-state index in [1.165, 1.54) is 0 Å². The summed E-state index contributed by atoms with van der Waals surface area (Å²) in [5.41, 5.74) is 0. The van der Waals surface area contributed by atoms with Crippen molar-refractivity contribution in [2.75, 3.05) is 5.32 Å². The molecular weight excluding hydrogens is 224 g/mol. The van der Waals surface area contributed by atoms with E-state index < -0.39 is 0 Å². The molecule has 1 aromatic heterocycles. The minimum atomic E-state index is -0.0632. The zero-order valence-electron chi connectivity index (χ0n) is 8.87. The molecule has 0 aromatic carbocycles. The van der Waals surface area contributed by atoms with Gasteiger partial charge in [0.15, 0.2) is 0 Å². The third-order valence-corrected chi connectivity index (χ3v) is 2.17. The number of pyridine rings is 1. The minimum absolute atomic E-state index is 0.0632. The number of hydrogen-bond acceptors (Lipinski definition) is 2. The number of unbranched alkanes of at least 4 members (excludes halogenated alkanes) is 2. The molecule has 16 heavy (non-hydrogen) atoms. The summed E-state index contributed by atoms with van der Waals surface area (Å²) < 4.78 is 0. The number of halogens is 1. The van der Waals surface area contributed by atoms with E-state index in [-0.39, 0.29) is 5.91 Å². The van der Waals surface area contributed by atoms with Gasteiger partial charge in [0.25, 0.3) is 0 Å². The number of rotatable bonds is 5. The van der Waals surface area contributed by atoms with Gasteiger partial charge < -0.3 is 5.32 Å². The van der Waals surface area contributed by atoms with E-state index in [2.05, 4.69) is 16.2 Å². The molecule has 1 amide bonds. The van der Waals surface area contributed by atoms with E-state index in [4.69, 9.17) is 18.0 Å². The summed E-state index contributed by atoms with van der Waals surface area (Å²) in [5.74, 6) is 2.95. The first kappa shape index (κ1) is 12.5. The molecule has 0 bridgehead atoms. The topological polar surface area (TPSA) is 42.0 Å². The summed E-state index contributed by atoms with van der Waals surface area (Å²) in [6.45, 7) is 0. The van der Waals surface area contributed by atoms with Crippen LogP contribution in [0.4, 0.5) is 5.82 Å². The summed E-state index contributed by atoms with van der Waals surface area (Å²) in [5, 5.41) is 3.04. The first-order valence-electron chi connectivity index (χ1n) is 5.08. The fourth-order valence-electron chi connectivity index (χ4n) is 1.20. The van der Waals surface area contributed by atoms with E-state index in [9.17, 15) is 4.79 Å². The van der Waals surface area contributed by atoms with Crippen molar-refractivity contribution in [2.24, 2.45) is 0 Å². The molecular formula is C12H13ClN2O. The third kappa shape index (κ3) is 4.81. The Morgan fingerprint density at radius 1 is 1.50 bits per heavy atom. The van der Waals surface area contributed by atoms with Gasteiger partial charge in [0, 0.05) is 12.8 Å². The molecule has 0 saturated heterocycles. The highest BCUT2D eigenvalue weighted by molar-refractivity contribution is 6.29. The first-order chi connectivity index (χ1) is 7.72. The molecule has 1 heterocycles. The van der Waals surface area contributed by atoms with Crippen LogP contribution in [0.5, 0.6) is 0 Å². The van der Waals surface area contributed by atoms with Crippen LogP contribution in [0.2, 0.25) is 5.15 Å². The smallest absolute Gasteiger partial charge is 0.225 e. The maximum absolute atomic E-state index is 11.4. The second-order valence-electron chi connectivity index (χ2n) is 3.30. The Balaban J connectivity index is 2.32. The van der Waals surface area contributed by atoms with Gasteiger partial charge in [-0.2, -0.15) is 0 Å². The molecule has 0 radical (unpaired) electrons. The van der Waals surface area contributed by atoms with Gasteiger partial charge in [-0.1, -0.05) is 17.7 Å². The van der Waals surface area contributed by atoms with Crippen molar-refractivity contribution in [1.29, 1.82) is 0 Å². The standard InChI is InChI=1S/C12H13ClN2O/c1-2-3-4-5-9-12(16)15-11-8-6-7-10(13)14-11/h1,6-8H,3-5,9H2,(H,14,15,16). The normalized spacial score (nSPS) is 9.50. The lowest BCUT2D eigenvalue weighted by molar-refractivity contribution is -0.116. The number of nitrogens with one attached hydrogen (secondary N) is 1. The predicted octanol–water partition coefficient (Wildman–Crippen LogP) is 2.87. The Morgan fingerprint density at radius 3 is 3.00 bits per heavy atom. The van der Waals surface area contributed by atoms with Gasteiger partial charge in [0.05, 0.1) is 0 Å². The Morgan fingerprint density at radius 2 is 2.31 bits per heavy atom. The van der Waals surface area contributed by atoms with Gasteiger partial charge >= 0.3 is 0 Å². The number of amides is 1. The van der Waals surface area contributed by atoms with Gasteiger partial charge in [-0.05, 0) is 25.0 Å². The quantitative estimate of drug-likeness (QED) is 0.485. The molecule has 0 saturated carbocycles. The molecule has 0 aliphatic rings. The van der Waals surface area contributed by atoms with Crippen LogP contribution in [0.3, 0.4) is 0 Å². The van der Waals surface area contributed by atoms with Crippen LogP contribution in [0.25, 0.3) is 0 Å². The number of carbonyl (C=O) groups excluding carboxylic acids is 1. The zero-order valence-corrected chi connectivity index (χ0v) is 9.63. The highest BCUT2D eigenvalue weighted by Crippen LogP contribution is 2.10. The van der Waals surface area contributed by atoms with Crippen LogP contribution in [0.1, 0.15) is 25.7 Å². The van der Waals surface area contributed by atoms with E-state index >= 15 is 0 Å². The molecule has 4 heteroatoms. The number of carbonyl (C=O) groups is 1. The minimum Gasteiger partial charge on any atom is -0.311 e. The molecule has 1 N–H and O–H groups in total. The van der Waals surface area contributed by atoms with Crippen molar-refractivity contribution in [2.45, 2.75) is 25.7 Å². The molecule has 1 rings (SSSR count). The molecule has 84 valence electrons. The number of aromatic nitrogens is 1. The number of terminal acetylenes is 1. The molecule has 0 spiro atoms. The summed E-state index contributed by atoms with van der Waals surface area (Å²) in [6.07, 6.45) is 7.93. The van der Waals surface area contributed by atoms with E-state index in [1.54, 1.807) is 18.2 Å². The average Bonchev–Trinajstić information content (AvgIpc) is 2.24. The van der Waals surface area contributed by atoms with Crippen LogP contribution in [0.15, 0.2) is 18.2 Å². The van der Waals surface area contributed by atoms with Crippen LogP contribution in [0, 0.1) is 12.3 Å². The van der Waals surface area contributed by atoms with Crippen LogP contribution < -0.4 is 5.32 Å². The van der Waals surface area contributed by atoms with Crippen molar-refractivity contribution in [3.8, 4) is 12.3 Å². The molecule has 0 atom stereocenters. The largest absolute Gasteiger partial charge is 0.311 e. The van der Waals surface area contributed by atoms with Gasteiger partial charge in [-0.25, -0.2) is 4.98 Å². The first-order valence-corrected chi connectivity index (χ1v) is 5.46. The highest BCUT2D eigenvalue weighted by atomic mass is 35.5. The van der Waals surface area contributed by atoms with Crippen LogP contribution >= 0.6 is 11.6 Å². The second-order valence-corrected chi connectivity index (χ2v) is 3.69. The lowest BCUT2D eigenvalue weighted by Crippen LogP contribution is -2.12. The Hall–Kier alpha value is -1.53. The van der Waals surface area contributed by atoms with Crippen molar-refractivity contribution < 1.29 is 4.79 Å². The third-order valence-electron chi connectivity index (χ3n) is 1.96. The SMILES string of the molecule is C#CCCCCC(=O)Nc1cccc(Cl)n1. The van der Waals surface area contributed by atoms with E-state index in [0.717, 1.165) is 12.8 Å². The zero-order chi connectivity index (χ0) is 11.8. The van der Waals surface area contributed by atoms with E-state index in [1.807, 2.05) is 0 Å². The van der Waals surface area contributed by atoms with Gasteiger partial charge in [0.1, 0.15) is 11.0 Å². The summed E-state index contributed by atoms with van der Waals surface area (Å²) in [6, 6.07) is 5.10. The van der Waals surface area contributed by atoms with Gasteiger partial charge in [-0.15, -0.1) is 12.3 Å².